The Balaban J connectivity index is 1.55. The SMILES string of the molecule is Cc1cc2nc(SCC(=O)NCc3ccc(C)c(C)c3)n(-c3ccccc3)c(=O)c2[nH]1. The molecular weight excluding hydrogens is 408 g/mol. The van der Waals surface area contributed by atoms with Gasteiger partial charge in [-0.2, -0.15) is 0 Å². The summed E-state index contributed by atoms with van der Waals surface area (Å²) in [6.45, 7) is 6.48. The highest BCUT2D eigenvalue weighted by Crippen LogP contribution is 2.21. The third kappa shape index (κ3) is 4.56. The molecule has 2 heterocycles. The summed E-state index contributed by atoms with van der Waals surface area (Å²) >= 11 is 1.25. The molecule has 0 saturated carbocycles. The summed E-state index contributed by atoms with van der Waals surface area (Å²) in [5.41, 5.74) is 5.96. The lowest BCUT2D eigenvalue weighted by Crippen LogP contribution is -2.26. The van der Waals surface area contributed by atoms with Crippen molar-refractivity contribution in [2.24, 2.45) is 0 Å². The van der Waals surface area contributed by atoms with E-state index in [9.17, 15) is 9.59 Å². The number of hydrogen-bond acceptors (Lipinski definition) is 4. The maximum Gasteiger partial charge on any atom is 0.283 e. The molecule has 0 fully saturated rings. The molecule has 2 aromatic carbocycles. The summed E-state index contributed by atoms with van der Waals surface area (Å²) < 4.78 is 1.56. The van der Waals surface area contributed by atoms with Crippen LogP contribution in [-0.2, 0) is 11.3 Å². The number of fused-ring (bicyclic) bond motifs is 1. The first-order valence-corrected chi connectivity index (χ1v) is 11.0. The molecule has 7 heteroatoms. The van der Waals surface area contributed by atoms with E-state index in [0.717, 1.165) is 11.3 Å². The second-order valence-corrected chi connectivity index (χ2v) is 8.51. The lowest BCUT2D eigenvalue weighted by atomic mass is 10.1. The van der Waals surface area contributed by atoms with E-state index < -0.39 is 0 Å². The minimum absolute atomic E-state index is 0.109. The summed E-state index contributed by atoms with van der Waals surface area (Å²) in [4.78, 5) is 33.4. The molecule has 0 atom stereocenters. The van der Waals surface area contributed by atoms with Gasteiger partial charge in [0.05, 0.1) is 17.0 Å². The minimum atomic E-state index is -0.178. The van der Waals surface area contributed by atoms with Crippen LogP contribution in [0.2, 0.25) is 0 Å². The van der Waals surface area contributed by atoms with Crippen molar-refractivity contribution in [3.05, 3.63) is 87.3 Å². The van der Waals surface area contributed by atoms with Crippen molar-refractivity contribution in [1.82, 2.24) is 19.9 Å². The third-order valence-corrected chi connectivity index (χ3v) is 6.10. The van der Waals surface area contributed by atoms with Crippen LogP contribution in [0.1, 0.15) is 22.4 Å². The number of hydrogen-bond donors (Lipinski definition) is 2. The smallest absolute Gasteiger partial charge is 0.283 e. The summed E-state index contributed by atoms with van der Waals surface area (Å²) in [6, 6.07) is 17.4. The van der Waals surface area contributed by atoms with Crippen molar-refractivity contribution in [1.29, 1.82) is 0 Å². The molecule has 158 valence electrons. The Morgan fingerprint density at radius 2 is 1.84 bits per heavy atom. The van der Waals surface area contributed by atoms with E-state index in [1.807, 2.05) is 49.4 Å². The average molecular weight is 433 g/mol. The quantitative estimate of drug-likeness (QED) is 0.356. The van der Waals surface area contributed by atoms with Gasteiger partial charge in [-0.15, -0.1) is 0 Å². The van der Waals surface area contributed by atoms with Gasteiger partial charge in [0, 0.05) is 12.2 Å². The first-order chi connectivity index (χ1) is 14.9. The van der Waals surface area contributed by atoms with Crippen LogP contribution in [0.25, 0.3) is 16.7 Å². The van der Waals surface area contributed by atoms with Gasteiger partial charge >= 0.3 is 0 Å². The van der Waals surface area contributed by atoms with E-state index in [2.05, 4.69) is 41.3 Å². The van der Waals surface area contributed by atoms with Gasteiger partial charge in [-0.05, 0) is 55.7 Å². The van der Waals surface area contributed by atoms with Crippen LogP contribution in [0, 0.1) is 20.8 Å². The van der Waals surface area contributed by atoms with Gasteiger partial charge in [0.1, 0.15) is 5.52 Å². The van der Waals surface area contributed by atoms with E-state index in [1.54, 1.807) is 4.57 Å². The Hall–Kier alpha value is -3.32. The second-order valence-electron chi connectivity index (χ2n) is 7.57. The topological polar surface area (TPSA) is 79.8 Å². The lowest BCUT2D eigenvalue weighted by Gasteiger charge is -2.12. The lowest BCUT2D eigenvalue weighted by molar-refractivity contribution is -0.118. The van der Waals surface area contributed by atoms with Crippen LogP contribution in [0.5, 0.6) is 0 Å². The Bertz CT molecular complexity index is 1310. The highest BCUT2D eigenvalue weighted by atomic mass is 32.2. The van der Waals surface area contributed by atoms with E-state index in [-0.39, 0.29) is 17.2 Å². The Morgan fingerprint density at radius 3 is 2.58 bits per heavy atom. The van der Waals surface area contributed by atoms with Gasteiger partial charge in [-0.25, -0.2) is 4.98 Å². The van der Waals surface area contributed by atoms with Crippen molar-refractivity contribution in [2.45, 2.75) is 32.5 Å². The summed E-state index contributed by atoms with van der Waals surface area (Å²) in [5, 5.41) is 3.44. The van der Waals surface area contributed by atoms with Gasteiger partial charge in [0.15, 0.2) is 5.16 Å². The minimum Gasteiger partial charge on any atom is -0.353 e. The number of H-pyrrole nitrogens is 1. The number of thioether (sulfide) groups is 1. The molecule has 31 heavy (non-hydrogen) atoms. The van der Waals surface area contributed by atoms with Gasteiger partial charge in [-0.3, -0.25) is 14.2 Å². The van der Waals surface area contributed by atoms with Crippen molar-refractivity contribution < 1.29 is 4.79 Å². The van der Waals surface area contributed by atoms with Crippen LogP contribution in [0.3, 0.4) is 0 Å². The molecule has 0 saturated heterocycles. The standard InChI is InChI=1S/C24H24N4O2S/c1-15-9-10-18(11-16(15)2)13-25-21(29)14-31-24-27-20-12-17(3)26-22(20)23(30)28(24)19-7-5-4-6-8-19/h4-12,26H,13-14H2,1-3H3,(H,25,29). The number of nitrogens with zero attached hydrogens (tertiary/aromatic N) is 2. The maximum absolute atomic E-state index is 13.2. The zero-order chi connectivity index (χ0) is 22.0. The molecule has 0 bridgehead atoms. The van der Waals surface area contributed by atoms with E-state index in [4.69, 9.17) is 0 Å². The van der Waals surface area contributed by atoms with Crippen LogP contribution in [0.15, 0.2) is 64.5 Å². The van der Waals surface area contributed by atoms with Gasteiger partial charge in [-0.1, -0.05) is 48.2 Å². The molecule has 6 nitrogen and oxygen atoms in total. The van der Waals surface area contributed by atoms with Gasteiger partial charge in [0.2, 0.25) is 5.91 Å². The molecule has 0 aliphatic heterocycles. The van der Waals surface area contributed by atoms with Crippen LogP contribution >= 0.6 is 11.8 Å². The number of rotatable bonds is 6. The number of aromatic nitrogens is 3. The average Bonchev–Trinajstić information content (AvgIpc) is 3.14. The number of carbonyl (C=O) groups excluding carboxylic acids is 1. The monoisotopic (exact) mass is 432 g/mol. The number of carbonyl (C=O) groups is 1. The fourth-order valence-corrected chi connectivity index (χ4v) is 4.22. The number of benzene rings is 2. The molecule has 2 N–H and O–H groups in total. The van der Waals surface area contributed by atoms with Gasteiger partial charge < -0.3 is 10.3 Å². The predicted molar refractivity (Wildman–Crippen MR) is 125 cm³/mol. The van der Waals surface area contributed by atoms with Crippen molar-refractivity contribution in [2.75, 3.05) is 5.75 Å². The number of aromatic amines is 1. The van der Waals surface area contributed by atoms with E-state index >= 15 is 0 Å². The van der Waals surface area contributed by atoms with E-state index in [1.165, 1.54) is 22.9 Å². The second kappa shape index (κ2) is 8.81. The zero-order valence-corrected chi connectivity index (χ0v) is 18.5. The van der Waals surface area contributed by atoms with Gasteiger partial charge in [0.25, 0.3) is 5.56 Å². The molecular formula is C24H24N4O2S. The van der Waals surface area contributed by atoms with Crippen molar-refractivity contribution in [3.8, 4) is 5.69 Å². The largest absolute Gasteiger partial charge is 0.353 e. The van der Waals surface area contributed by atoms with Crippen LogP contribution in [0.4, 0.5) is 0 Å². The Labute approximate surface area is 184 Å². The Morgan fingerprint density at radius 1 is 1.06 bits per heavy atom. The third-order valence-electron chi connectivity index (χ3n) is 5.16. The van der Waals surface area contributed by atoms with Crippen LogP contribution < -0.4 is 10.9 Å². The normalized spacial score (nSPS) is 11.1. The zero-order valence-electron chi connectivity index (χ0n) is 17.7. The fraction of sp³-hybridized carbons (Fsp3) is 0.208. The molecule has 4 rings (SSSR count). The molecule has 0 radical (unpaired) electrons. The molecule has 0 aliphatic carbocycles. The molecule has 0 unspecified atom stereocenters. The number of para-hydroxylation sites is 1. The maximum atomic E-state index is 13.2. The van der Waals surface area contributed by atoms with Crippen molar-refractivity contribution in [3.63, 3.8) is 0 Å². The van der Waals surface area contributed by atoms with Crippen molar-refractivity contribution >= 4 is 28.7 Å². The fourth-order valence-electron chi connectivity index (χ4n) is 3.37. The molecule has 0 aliphatic rings. The molecule has 2 aromatic heterocycles. The summed E-state index contributed by atoms with van der Waals surface area (Å²) in [7, 11) is 0. The Kier molecular flexibility index (Phi) is 5.95. The molecule has 4 aromatic rings. The predicted octanol–water partition coefficient (Wildman–Crippen LogP) is 4.05. The number of aryl methyl sites for hydroxylation is 3. The summed E-state index contributed by atoms with van der Waals surface area (Å²) in [5.74, 6) is 0.0568. The van der Waals surface area contributed by atoms with Crippen LogP contribution in [-0.4, -0.2) is 26.2 Å². The number of nitrogens with one attached hydrogen (secondary N) is 2. The first-order valence-electron chi connectivity index (χ1n) is 10.1. The highest BCUT2D eigenvalue weighted by Gasteiger charge is 2.16. The summed E-state index contributed by atoms with van der Waals surface area (Å²) in [6.07, 6.45) is 0. The molecule has 1 amide bonds. The van der Waals surface area contributed by atoms with E-state index in [0.29, 0.717) is 28.4 Å². The first kappa shape index (κ1) is 20.9. The number of amides is 1. The molecule has 0 spiro atoms. The highest BCUT2D eigenvalue weighted by molar-refractivity contribution is 7.99.